The fourth-order valence-corrected chi connectivity index (χ4v) is 2.21. The van der Waals surface area contributed by atoms with E-state index in [1.54, 1.807) is 0 Å². The van der Waals surface area contributed by atoms with Crippen molar-refractivity contribution in [2.45, 2.75) is 45.1 Å². The Morgan fingerprint density at radius 3 is 2.65 bits per heavy atom. The monoisotopic (exact) mass is 241 g/mol. The van der Waals surface area contributed by atoms with Crippen LogP contribution in [-0.4, -0.2) is 24.4 Å². The summed E-state index contributed by atoms with van der Waals surface area (Å²) in [6.45, 7) is 2.65. The maximum Gasteiger partial charge on any atom is 0.223 e. The summed E-state index contributed by atoms with van der Waals surface area (Å²) in [6, 6.07) is 0.130. The molecule has 0 aromatic carbocycles. The van der Waals surface area contributed by atoms with Gasteiger partial charge in [-0.2, -0.15) is 0 Å². The smallest absolute Gasteiger partial charge is 0.223 e. The molecular weight excluding hydrogens is 218 g/mol. The molecule has 98 valence electrons. The highest BCUT2D eigenvalue weighted by molar-refractivity contribution is 5.79. The number of primary amides is 1. The van der Waals surface area contributed by atoms with Crippen molar-refractivity contribution in [3.8, 4) is 0 Å². The van der Waals surface area contributed by atoms with Crippen LogP contribution in [-0.2, 0) is 9.59 Å². The van der Waals surface area contributed by atoms with Gasteiger partial charge in [0.25, 0.3) is 0 Å². The van der Waals surface area contributed by atoms with Crippen LogP contribution in [0.5, 0.6) is 0 Å². The summed E-state index contributed by atoms with van der Waals surface area (Å²) in [7, 11) is 0. The van der Waals surface area contributed by atoms with Crippen molar-refractivity contribution in [3.63, 3.8) is 0 Å². The second-order valence-corrected chi connectivity index (χ2v) is 5.01. The highest BCUT2D eigenvalue weighted by Crippen LogP contribution is 2.27. The van der Waals surface area contributed by atoms with Gasteiger partial charge in [0.2, 0.25) is 11.8 Å². The summed E-state index contributed by atoms with van der Waals surface area (Å²) in [5.41, 5.74) is 11.0. The first-order valence-corrected chi connectivity index (χ1v) is 6.32. The lowest BCUT2D eigenvalue weighted by Gasteiger charge is -2.31. The molecule has 17 heavy (non-hydrogen) atoms. The van der Waals surface area contributed by atoms with Crippen LogP contribution in [0.25, 0.3) is 0 Å². The van der Waals surface area contributed by atoms with E-state index in [-0.39, 0.29) is 23.8 Å². The van der Waals surface area contributed by atoms with Gasteiger partial charge in [0.15, 0.2) is 0 Å². The van der Waals surface area contributed by atoms with Crippen LogP contribution in [0.4, 0.5) is 0 Å². The molecule has 1 rings (SSSR count). The molecule has 0 aromatic heterocycles. The van der Waals surface area contributed by atoms with Gasteiger partial charge in [-0.05, 0) is 31.6 Å². The summed E-state index contributed by atoms with van der Waals surface area (Å²) < 4.78 is 0. The van der Waals surface area contributed by atoms with Gasteiger partial charge in [-0.1, -0.05) is 6.92 Å². The third-order valence-corrected chi connectivity index (χ3v) is 3.53. The van der Waals surface area contributed by atoms with E-state index in [9.17, 15) is 9.59 Å². The average molecular weight is 241 g/mol. The minimum atomic E-state index is -0.326. The lowest BCUT2D eigenvalue weighted by atomic mass is 9.79. The SMILES string of the molecule is CC1CCC(C(=O)NCCCC(N)=O)CC1N. The lowest BCUT2D eigenvalue weighted by Crippen LogP contribution is -2.41. The minimum Gasteiger partial charge on any atom is -0.370 e. The number of nitrogens with one attached hydrogen (secondary N) is 1. The number of nitrogens with two attached hydrogens (primary N) is 2. The lowest BCUT2D eigenvalue weighted by molar-refractivity contribution is -0.126. The Kier molecular flexibility index (Phi) is 5.41. The molecule has 3 unspecified atom stereocenters. The number of hydrogen-bond donors (Lipinski definition) is 3. The Morgan fingerprint density at radius 2 is 2.06 bits per heavy atom. The van der Waals surface area contributed by atoms with Crippen LogP contribution in [0.1, 0.15) is 39.0 Å². The van der Waals surface area contributed by atoms with E-state index < -0.39 is 0 Å². The normalized spacial score (nSPS) is 28.7. The topological polar surface area (TPSA) is 98.2 Å². The van der Waals surface area contributed by atoms with Crippen molar-refractivity contribution >= 4 is 11.8 Å². The summed E-state index contributed by atoms with van der Waals surface area (Å²) in [5, 5.41) is 2.84. The van der Waals surface area contributed by atoms with E-state index in [1.165, 1.54) is 0 Å². The molecule has 0 aliphatic heterocycles. The van der Waals surface area contributed by atoms with E-state index in [1.807, 2.05) is 0 Å². The standard InChI is InChI=1S/C12H23N3O2/c1-8-4-5-9(7-10(8)13)12(17)15-6-2-3-11(14)16/h8-10H,2-7,13H2,1H3,(H2,14,16)(H,15,17). The minimum absolute atomic E-state index is 0.0368. The summed E-state index contributed by atoms with van der Waals surface area (Å²) in [6.07, 6.45) is 3.62. The number of rotatable bonds is 5. The Morgan fingerprint density at radius 1 is 1.35 bits per heavy atom. The Bertz CT molecular complexity index is 281. The second kappa shape index (κ2) is 6.59. The summed E-state index contributed by atoms with van der Waals surface area (Å²) in [4.78, 5) is 22.3. The molecule has 1 aliphatic rings. The zero-order valence-electron chi connectivity index (χ0n) is 10.4. The largest absolute Gasteiger partial charge is 0.370 e. The second-order valence-electron chi connectivity index (χ2n) is 5.01. The van der Waals surface area contributed by atoms with Crippen LogP contribution in [0.3, 0.4) is 0 Å². The first-order valence-electron chi connectivity index (χ1n) is 6.32. The van der Waals surface area contributed by atoms with Crippen LogP contribution in [0.15, 0.2) is 0 Å². The van der Waals surface area contributed by atoms with E-state index >= 15 is 0 Å². The van der Waals surface area contributed by atoms with Gasteiger partial charge in [-0.3, -0.25) is 9.59 Å². The fourth-order valence-electron chi connectivity index (χ4n) is 2.21. The Balaban J connectivity index is 2.21. The van der Waals surface area contributed by atoms with Crippen LogP contribution < -0.4 is 16.8 Å². The molecule has 5 N–H and O–H groups in total. The van der Waals surface area contributed by atoms with Crippen molar-refractivity contribution in [1.82, 2.24) is 5.32 Å². The number of carbonyl (C=O) groups is 2. The van der Waals surface area contributed by atoms with Crippen molar-refractivity contribution in [3.05, 3.63) is 0 Å². The number of hydrogen-bond acceptors (Lipinski definition) is 3. The first-order chi connectivity index (χ1) is 8.00. The van der Waals surface area contributed by atoms with Gasteiger partial charge >= 0.3 is 0 Å². The molecule has 3 atom stereocenters. The van der Waals surface area contributed by atoms with Crippen molar-refractivity contribution < 1.29 is 9.59 Å². The molecule has 0 saturated heterocycles. The molecule has 1 saturated carbocycles. The number of carbonyl (C=O) groups excluding carboxylic acids is 2. The zero-order chi connectivity index (χ0) is 12.8. The quantitative estimate of drug-likeness (QED) is 0.597. The highest BCUT2D eigenvalue weighted by Gasteiger charge is 2.29. The molecule has 0 heterocycles. The summed E-state index contributed by atoms with van der Waals surface area (Å²) >= 11 is 0. The van der Waals surface area contributed by atoms with Gasteiger partial charge in [-0.15, -0.1) is 0 Å². The van der Waals surface area contributed by atoms with Gasteiger partial charge < -0.3 is 16.8 Å². The third kappa shape index (κ3) is 4.73. The van der Waals surface area contributed by atoms with Gasteiger partial charge in [0.1, 0.15) is 0 Å². The maximum atomic E-state index is 11.8. The van der Waals surface area contributed by atoms with Crippen LogP contribution in [0, 0.1) is 11.8 Å². The van der Waals surface area contributed by atoms with E-state index in [0.29, 0.717) is 25.3 Å². The highest BCUT2D eigenvalue weighted by atomic mass is 16.2. The molecule has 0 spiro atoms. The van der Waals surface area contributed by atoms with E-state index in [2.05, 4.69) is 12.2 Å². The third-order valence-electron chi connectivity index (χ3n) is 3.53. The van der Waals surface area contributed by atoms with Crippen molar-refractivity contribution in [2.24, 2.45) is 23.3 Å². The van der Waals surface area contributed by atoms with E-state index in [0.717, 1.165) is 19.3 Å². The molecule has 0 radical (unpaired) electrons. The van der Waals surface area contributed by atoms with Crippen LogP contribution >= 0.6 is 0 Å². The molecule has 1 fully saturated rings. The number of amides is 2. The van der Waals surface area contributed by atoms with Gasteiger partial charge in [-0.25, -0.2) is 0 Å². The molecule has 0 bridgehead atoms. The predicted octanol–water partition coefficient (Wildman–Crippen LogP) is 0.132. The Labute approximate surface area is 102 Å². The molecule has 0 aromatic rings. The fraction of sp³-hybridized carbons (Fsp3) is 0.833. The van der Waals surface area contributed by atoms with Gasteiger partial charge in [0, 0.05) is 24.9 Å². The predicted molar refractivity (Wildman–Crippen MR) is 65.9 cm³/mol. The van der Waals surface area contributed by atoms with Gasteiger partial charge in [0.05, 0.1) is 0 Å². The molecule has 1 aliphatic carbocycles. The van der Waals surface area contributed by atoms with Crippen LogP contribution in [0.2, 0.25) is 0 Å². The molecule has 2 amide bonds. The Hall–Kier alpha value is -1.10. The molecular formula is C12H23N3O2. The first kappa shape index (κ1) is 14.0. The maximum absolute atomic E-state index is 11.8. The summed E-state index contributed by atoms with van der Waals surface area (Å²) in [5.74, 6) is 0.285. The van der Waals surface area contributed by atoms with Crippen molar-refractivity contribution in [1.29, 1.82) is 0 Å². The van der Waals surface area contributed by atoms with Crippen molar-refractivity contribution in [2.75, 3.05) is 6.54 Å². The molecule has 5 nitrogen and oxygen atoms in total. The van der Waals surface area contributed by atoms with E-state index in [4.69, 9.17) is 11.5 Å². The average Bonchev–Trinajstić information content (AvgIpc) is 2.27. The zero-order valence-corrected chi connectivity index (χ0v) is 10.4. The molecule has 5 heteroatoms.